The number of rotatable bonds is 6. The summed E-state index contributed by atoms with van der Waals surface area (Å²) in [4.78, 5) is 6.79. The molecule has 0 radical (unpaired) electrons. The quantitative estimate of drug-likeness (QED) is 0.409. The van der Waals surface area contributed by atoms with E-state index < -0.39 is 0 Å². The number of benzene rings is 2. The van der Waals surface area contributed by atoms with Crippen LogP contribution in [0, 0.1) is 0 Å². The second-order valence-corrected chi connectivity index (χ2v) is 8.09. The summed E-state index contributed by atoms with van der Waals surface area (Å²) in [6.45, 7) is 0. The van der Waals surface area contributed by atoms with Crippen LogP contribution in [-0.2, 0) is 0 Å². The summed E-state index contributed by atoms with van der Waals surface area (Å²) in [6.07, 6.45) is 3.87. The molecule has 2 unspecified atom stereocenters. The maximum absolute atomic E-state index is 5.85. The van der Waals surface area contributed by atoms with Crippen molar-refractivity contribution in [3.8, 4) is 17.2 Å². The number of aromatic nitrogens is 2. The average molecular weight is 457 g/mol. The molecule has 0 aliphatic carbocycles. The van der Waals surface area contributed by atoms with Gasteiger partial charge in [-0.1, -0.05) is 18.2 Å². The Morgan fingerprint density at radius 3 is 2.27 bits per heavy atom. The summed E-state index contributed by atoms with van der Waals surface area (Å²) in [7, 11) is 3.35. The molecule has 4 aromatic rings. The minimum Gasteiger partial charge on any atom is -0.497 e. The number of hydrogen-bond donors (Lipinski definition) is 1. The highest BCUT2D eigenvalue weighted by molar-refractivity contribution is 7.80. The zero-order valence-electron chi connectivity index (χ0n) is 18.4. The van der Waals surface area contributed by atoms with Crippen molar-refractivity contribution < 1.29 is 9.47 Å². The predicted octanol–water partition coefficient (Wildman–Crippen LogP) is 5.07. The molecule has 5 rings (SSSR count). The molecular formula is C26H24N4O2S. The standard InChI is InChI=1S/C26H24N4O2S/c1-31-20-10-5-8-18(16-20)29-15-7-13-23(29)25-24(22-12-3-4-14-27-22)28-26(33)30(25)19-9-6-11-21(17-19)32-2/h3-17,24-25H,1-2H3,(H,28,33). The first-order valence-corrected chi connectivity index (χ1v) is 11.1. The largest absolute Gasteiger partial charge is 0.497 e. The van der Waals surface area contributed by atoms with Crippen LogP contribution in [0.1, 0.15) is 23.5 Å². The van der Waals surface area contributed by atoms with Crippen LogP contribution in [0.15, 0.2) is 91.3 Å². The minimum absolute atomic E-state index is 0.135. The van der Waals surface area contributed by atoms with Crippen molar-refractivity contribution in [1.29, 1.82) is 0 Å². The molecule has 2 atom stereocenters. The van der Waals surface area contributed by atoms with E-state index in [1.54, 1.807) is 14.2 Å². The van der Waals surface area contributed by atoms with E-state index in [0.717, 1.165) is 34.3 Å². The van der Waals surface area contributed by atoms with Gasteiger partial charge >= 0.3 is 0 Å². The van der Waals surface area contributed by atoms with Gasteiger partial charge in [0.1, 0.15) is 17.5 Å². The van der Waals surface area contributed by atoms with Crippen LogP contribution in [0.25, 0.3) is 5.69 Å². The summed E-state index contributed by atoms with van der Waals surface area (Å²) in [5, 5.41) is 4.15. The SMILES string of the molecule is COc1cccc(N2C(=S)NC(c3ccccn3)C2c2cccn2-c2cccc(OC)c2)c1. The Morgan fingerprint density at radius 2 is 1.58 bits per heavy atom. The third-order valence-electron chi connectivity index (χ3n) is 5.84. The second-order valence-electron chi connectivity index (χ2n) is 7.70. The Kier molecular flexibility index (Phi) is 5.71. The summed E-state index contributed by atoms with van der Waals surface area (Å²) < 4.78 is 13.1. The van der Waals surface area contributed by atoms with E-state index in [9.17, 15) is 0 Å². The lowest BCUT2D eigenvalue weighted by molar-refractivity contribution is 0.414. The van der Waals surface area contributed by atoms with Crippen molar-refractivity contribution in [1.82, 2.24) is 14.9 Å². The number of pyridine rings is 1. The maximum Gasteiger partial charge on any atom is 0.174 e. The number of thiocarbonyl (C=S) groups is 1. The number of nitrogens with one attached hydrogen (secondary N) is 1. The number of anilines is 1. The second kappa shape index (κ2) is 8.96. The molecule has 1 fully saturated rings. The number of ether oxygens (including phenoxy) is 2. The predicted molar refractivity (Wildman–Crippen MR) is 133 cm³/mol. The van der Waals surface area contributed by atoms with E-state index >= 15 is 0 Å². The molecule has 2 aromatic heterocycles. The lowest BCUT2D eigenvalue weighted by Gasteiger charge is -2.29. The molecule has 1 N–H and O–H groups in total. The molecule has 3 heterocycles. The van der Waals surface area contributed by atoms with Crippen LogP contribution < -0.4 is 19.7 Å². The lowest BCUT2D eigenvalue weighted by atomic mass is 10.0. The van der Waals surface area contributed by atoms with Gasteiger partial charge < -0.3 is 24.3 Å². The minimum atomic E-state index is -0.138. The zero-order valence-corrected chi connectivity index (χ0v) is 19.2. The van der Waals surface area contributed by atoms with Crippen LogP contribution >= 0.6 is 12.2 Å². The van der Waals surface area contributed by atoms with Crippen LogP contribution in [0.2, 0.25) is 0 Å². The molecule has 6 nitrogen and oxygen atoms in total. The zero-order chi connectivity index (χ0) is 22.8. The average Bonchev–Trinajstić information content (AvgIpc) is 3.49. The maximum atomic E-state index is 5.85. The van der Waals surface area contributed by atoms with Crippen molar-refractivity contribution in [3.63, 3.8) is 0 Å². The molecule has 1 saturated heterocycles. The van der Waals surface area contributed by atoms with Gasteiger partial charge in [-0.25, -0.2) is 0 Å². The summed E-state index contributed by atoms with van der Waals surface area (Å²) in [6, 6.07) is 25.8. The molecule has 1 aliphatic rings. The van der Waals surface area contributed by atoms with Crippen molar-refractivity contribution in [2.45, 2.75) is 12.1 Å². The first-order valence-electron chi connectivity index (χ1n) is 10.7. The van der Waals surface area contributed by atoms with E-state index in [1.807, 2.05) is 66.9 Å². The Labute approximate surface area is 198 Å². The molecule has 1 aliphatic heterocycles. The van der Waals surface area contributed by atoms with Crippen LogP contribution in [-0.4, -0.2) is 28.9 Å². The molecule has 33 heavy (non-hydrogen) atoms. The van der Waals surface area contributed by atoms with Gasteiger partial charge in [-0.2, -0.15) is 0 Å². The van der Waals surface area contributed by atoms with Crippen LogP contribution in [0.4, 0.5) is 5.69 Å². The molecule has 0 amide bonds. The molecule has 0 saturated carbocycles. The Hall–Kier alpha value is -3.84. The Bertz CT molecular complexity index is 1270. The fourth-order valence-electron chi connectivity index (χ4n) is 4.32. The number of methoxy groups -OCH3 is 2. The van der Waals surface area contributed by atoms with Gasteiger partial charge in [0.15, 0.2) is 5.11 Å². The smallest absolute Gasteiger partial charge is 0.174 e. The van der Waals surface area contributed by atoms with Gasteiger partial charge in [0.2, 0.25) is 0 Å². The van der Waals surface area contributed by atoms with E-state index in [4.69, 9.17) is 21.7 Å². The van der Waals surface area contributed by atoms with Crippen molar-refractivity contribution in [3.05, 3.63) is 103 Å². The van der Waals surface area contributed by atoms with Crippen molar-refractivity contribution >= 4 is 23.0 Å². The van der Waals surface area contributed by atoms with E-state index in [2.05, 4.69) is 44.2 Å². The lowest BCUT2D eigenvalue weighted by Crippen LogP contribution is -2.30. The highest BCUT2D eigenvalue weighted by atomic mass is 32.1. The summed E-state index contributed by atoms with van der Waals surface area (Å²) in [5.41, 5.74) is 3.97. The molecule has 7 heteroatoms. The van der Waals surface area contributed by atoms with Gasteiger partial charge in [0, 0.05) is 41.6 Å². The van der Waals surface area contributed by atoms with E-state index in [0.29, 0.717) is 5.11 Å². The van der Waals surface area contributed by atoms with Gasteiger partial charge in [-0.05, 0) is 60.7 Å². The third-order valence-corrected chi connectivity index (χ3v) is 6.16. The van der Waals surface area contributed by atoms with E-state index in [-0.39, 0.29) is 12.1 Å². The normalized spacial score (nSPS) is 17.6. The van der Waals surface area contributed by atoms with Gasteiger partial charge in [0.05, 0.1) is 26.0 Å². The highest BCUT2D eigenvalue weighted by Gasteiger charge is 2.42. The monoisotopic (exact) mass is 456 g/mol. The van der Waals surface area contributed by atoms with Crippen molar-refractivity contribution in [2.75, 3.05) is 19.1 Å². The molecule has 2 aromatic carbocycles. The molecule has 0 bridgehead atoms. The van der Waals surface area contributed by atoms with Crippen molar-refractivity contribution in [2.24, 2.45) is 0 Å². The summed E-state index contributed by atoms with van der Waals surface area (Å²) >= 11 is 5.85. The molecule has 166 valence electrons. The topological polar surface area (TPSA) is 51.5 Å². The Balaban J connectivity index is 1.66. The summed E-state index contributed by atoms with van der Waals surface area (Å²) in [5.74, 6) is 1.58. The first kappa shape index (κ1) is 21.0. The third kappa shape index (κ3) is 3.91. The van der Waals surface area contributed by atoms with E-state index in [1.165, 1.54) is 0 Å². The first-order chi connectivity index (χ1) is 16.2. The van der Waals surface area contributed by atoms with Crippen LogP contribution in [0.5, 0.6) is 11.5 Å². The fourth-order valence-corrected chi connectivity index (χ4v) is 4.67. The van der Waals surface area contributed by atoms with Gasteiger partial charge in [0.25, 0.3) is 0 Å². The fraction of sp³-hybridized carbons (Fsp3) is 0.154. The molecular weight excluding hydrogens is 432 g/mol. The highest BCUT2D eigenvalue weighted by Crippen LogP contribution is 2.43. The van der Waals surface area contributed by atoms with Gasteiger partial charge in [-0.3, -0.25) is 4.98 Å². The number of hydrogen-bond acceptors (Lipinski definition) is 4. The Morgan fingerprint density at radius 1 is 0.848 bits per heavy atom. The molecule has 0 spiro atoms. The van der Waals surface area contributed by atoms with Crippen LogP contribution in [0.3, 0.4) is 0 Å². The number of nitrogens with zero attached hydrogens (tertiary/aromatic N) is 3. The van der Waals surface area contributed by atoms with Gasteiger partial charge in [-0.15, -0.1) is 0 Å².